The highest BCUT2D eigenvalue weighted by Crippen LogP contribution is 2.23. The van der Waals surface area contributed by atoms with E-state index in [-0.39, 0.29) is 5.91 Å². The molecular weight excluding hydrogens is 300 g/mol. The maximum atomic E-state index is 12.7. The molecule has 1 aromatic rings. The quantitative estimate of drug-likeness (QED) is 0.926. The first kappa shape index (κ1) is 17.4. The molecule has 24 heavy (non-hydrogen) atoms. The number of carbonyl (C=O) groups is 1. The Balaban J connectivity index is 1.56. The molecule has 2 aliphatic rings. The van der Waals surface area contributed by atoms with E-state index in [1.54, 1.807) is 13.8 Å². The number of carbonyl (C=O) groups excluding carboxylic acids is 1. The second-order valence-corrected chi connectivity index (χ2v) is 7.76. The molecule has 0 bridgehead atoms. The maximum Gasteiger partial charge on any atom is 0.253 e. The summed E-state index contributed by atoms with van der Waals surface area (Å²) < 4.78 is 0. The second kappa shape index (κ2) is 7.24. The lowest BCUT2D eigenvalue weighted by molar-refractivity contribution is 0.0588. The Labute approximate surface area is 145 Å². The van der Waals surface area contributed by atoms with Gasteiger partial charge in [0.25, 0.3) is 5.91 Å². The predicted octanol–water partition coefficient (Wildman–Crippen LogP) is 3.00. The van der Waals surface area contributed by atoms with Crippen LogP contribution in [-0.2, 0) is 5.60 Å². The zero-order chi connectivity index (χ0) is 17.2. The number of hydrogen-bond acceptors (Lipinski definition) is 3. The Kier molecular flexibility index (Phi) is 5.26. The van der Waals surface area contributed by atoms with E-state index >= 15 is 0 Å². The summed E-state index contributed by atoms with van der Waals surface area (Å²) >= 11 is 0. The van der Waals surface area contributed by atoms with E-state index in [0.717, 1.165) is 37.1 Å². The van der Waals surface area contributed by atoms with Gasteiger partial charge in [-0.3, -0.25) is 4.79 Å². The van der Waals surface area contributed by atoms with Crippen molar-refractivity contribution in [3.63, 3.8) is 0 Å². The molecule has 1 N–H and O–H groups in total. The van der Waals surface area contributed by atoms with Crippen LogP contribution in [0.25, 0.3) is 0 Å². The number of piperidine rings is 2. The molecule has 2 heterocycles. The molecule has 4 nitrogen and oxygen atoms in total. The molecule has 2 aliphatic heterocycles. The van der Waals surface area contributed by atoms with Gasteiger partial charge >= 0.3 is 0 Å². The third-order valence-electron chi connectivity index (χ3n) is 5.50. The van der Waals surface area contributed by atoms with Gasteiger partial charge in [0.15, 0.2) is 0 Å². The van der Waals surface area contributed by atoms with E-state index in [9.17, 15) is 9.90 Å². The van der Waals surface area contributed by atoms with E-state index in [2.05, 4.69) is 4.90 Å². The summed E-state index contributed by atoms with van der Waals surface area (Å²) in [6.07, 6.45) is 6.20. The van der Waals surface area contributed by atoms with Crippen molar-refractivity contribution in [3.05, 3.63) is 35.4 Å². The third-order valence-corrected chi connectivity index (χ3v) is 5.50. The Morgan fingerprint density at radius 1 is 1.00 bits per heavy atom. The molecule has 132 valence electrons. The summed E-state index contributed by atoms with van der Waals surface area (Å²) in [5.74, 6) is 0.120. The van der Waals surface area contributed by atoms with Crippen LogP contribution in [0, 0.1) is 0 Å². The van der Waals surface area contributed by atoms with Gasteiger partial charge in [-0.1, -0.05) is 18.6 Å². The minimum Gasteiger partial charge on any atom is -0.386 e. The van der Waals surface area contributed by atoms with Gasteiger partial charge in [-0.25, -0.2) is 0 Å². The van der Waals surface area contributed by atoms with Crippen LogP contribution in [0.5, 0.6) is 0 Å². The highest BCUT2D eigenvalue weighted by molar-refractivity contribution is 5.94. The van der Waals surface area contributed by atoms with Crippen LogP contribution in [0.2, 0.25) is 0 Å². The fourth-order valence-electron chi connectivity index (χ4n) is 3.92. The van der Waals surface area contributed by atoms with Crippen LogP contribution < -0.4 is 0 Å². The van der Waals surface area contributed by atoms with Gasteiger partial charge in [0, 0.05) is 24.7 Å². The number of likely N-dealkylation sites (tertiary alicyclic amines) is 2. The van der Waals surface area contributed by atoms with E-state index in [4.69, 9.17) is 0 Å². The van der Waals surface area contributed by atoms with Gasteiger partial charge in [0.1, 0.15) is 0 Å². The van der Waals surface area contributed by atoms with Crippen LogP contribution in [0.4, 0.5) is 0 Å². The molecule has 0 unspecified atom stereocenters. The smallest absolute Gasteiger partial charge is 0.253 e. The first-order valence-corrected chi connectivity index (χ1v) is 9.31. The normalized spacial score (nSPS) is 21.0. The molecule has 2 saturated heterocycles. The molecule has 0 radical (unpaired) electrons. The Morgan fingerprint density at radius 2 is 1.58 bits per heavy atom. The second-order valence-electron chi connectivity index (χ2n) is 7.76. The van der Waals surface area contributed by atoms with Crippen molar-refractivity contribution in [2.24, 2.45) is 0 Å². The Bertz CT molecular complexity index is 548. The molecule has 0 saturated carbocycles. The highest BCUT2D eigenvalue weighted by atomic mass is 16.3. The van der Waals surface area contributed by atoms with Crippen molar-refractivity contribution in [2.45, 2.75) is 57.6 Å². The lowest BCUT2D eigenvalue weighted by Gasteiger charge is -2.40. The summed E-state index contributed by atoms with van der Waals surface area (Å²) in [6, 6.07) is 8.05. The van der Waals surface area contributed by atoms with Crippen LogP contribution in [0.15, 0.2) is 24.3 Å². The van der Waals surface area contributed by atoms with Gasteiger partial charge in [0.05, 0.1) is 5.60 Å². The van der Waals surface area contributed by atoms with Crippen molar-refractivity contribution in [1.29, 1.82) is 0 Å². The molecule has 0 aliphatic carbocycles. The average molecular weight is 330 g/mol. The van der Waals surface area contributed by atoms with E-state index in [1.807, 2.05) is 29.2 Å². The molecule has 2 fully saturated rings. The van der Waals surface area contributed by atoms with Crippen molar-refractivity contribution >= 4 is 5.91 Å². The average Bonchev–Trinajstić information content (AvgIpc) is 2.61. The predicted molar refractivity (Wildman–Crippen MR) is 96.0 cm³/mol. The first-order chi connectivity index (χ1) is 11.4. The minimum atomic E-state index is -0.867. The molecule has 0 spiro atoms. The summed E-state index contributed by atoms with van der Waals surface area (Å²) in [6.45, 7) is 7.69. The van der Waals surface area contributed by atoms with Gasteiger partial charge in [-0.2, -0.15) is 0 Å². The number of aliphatic hydroxyl groups is 1. The fourth-order valence-corrected chi connectivity index (χ4v) is 3.92. The van der Waals surface area contributed by atoms with E-state index < -0.39 is 5.60 Å². The standard InChI is InChI=1S/C20H30N2O2/c1-20(2,24)17-8-6-16(7-9-17)19(23)22-14-10-18(11-15-22)21-12-4-3-5-13-21/h6-9,18,24H,3-5,10-15H2,1-2H3. The molecule has 1 aromatic carbocycles. The van der Waals surface area contributed by atoms with Crippen LogP contribution in [0.3, 0.4) is 0 Å². The summed E-state index contributed by atoms with van der Waals surface area (Å²) in [5.41, 5.74) is 0.691. The molecule has 3 rings (SSSR count). The SMILES string of the molecule is CC(C)(O)c1ccc(C(=O)N2CCC(N3CCCCC3)CC2)cc1. The number of benzene rings is 1. The Morgan fingerprint density at radius 3 is 2.12 bits per heavy atom. The van der Waals surface area contributed by atoms with Gasteiger partial charge in [0.2, 0.25) is 0 Å². The van der Waals surface area contributed by atoms with E-state index in [1.165, 1.54) is 32.4 Å². The van der Waals surface area contributed by atoms with Gasteiger partial charge in [-0.05, 0) is 70.3 Å². The summed E-state index contributed by atoms with van der Waals surface area (Å²) in [7, 11) is 0. The first-order valence-electron chi connectivity index (χ1n) is 9.31. The molecule has 0 aromatic heterocycles. The topological polar surface area (TPSA) is 43.8 Å². The Hall–Kier alpha value is -1.39. The molecular formula is C20H30N2O2. The zero-order valence-electron chi connectivity index (χ0n) is 15.0. The summed E-state index contributed by atoms with van der Waals surface area (Å²) in [5, 5.41) is 10.0. The van der Waals surface area contributed by atoms with Crippen molar-refractivity contribution in [1.82, 2.24) is 9.80 Å². The number of nitrogens with zero attached hydrogens (tertiary/aromatic N) is 2. The van der Waals surface area contributed by atoms with E-state index in [0.29, 0.717) is 6.04 Å². The number of hydrogen-bond donors (Lipinski definition) is 1. The minimum absolute atomic E-state index is 0.120. The largest absolute Gasteiger partial charge is 0.386 e. The lowest BCUT2D eigenvalue weighted by atomic mass is 9.96. The van der Waals surface area contributed by atoms with Crippen molar-refractivity contribution in [2.75, 3.05) is 26.2 Å². The zero-order valence-corrected chi connectivity index (χ0v) is 15.0. The van der Waals surface area contributed by atoms with Crippen molar-refractivity contribution < 1.29 is 9.90 Å². The van der Waals surface area contributed by atoms with Gasteiger partial charge < -0.3 is 14.9 Å². The lowest BCUT2D eigenvalue weighted by Crippen LogP contribution is -2.48. The molecule has 4 heteroatoms. The van der Waals surface area contributed by atoms with Gasteiger partial charge in [-0.15, -0.1) is 0 Å². The maximum absolute atomic E-state index is 12.7. The van der Waals surface area contributed by atoms with Crippen LogP contribution in [0.1, 0.15) is 61.9 Å². The number of rotatable bonds is 3. The third kappa shape index (κ3) is 3.98. The summed E-state index contributed by atoms with van der Waals surface area (Å²) in [4.78, 5) is 17.3. The monoisotopic (exact) mass is 330 g/mol. The van der Waals surface area contributed by atoms with Crippen LogP contribution in [-0.4, -0.2) is 53.0 Å². The van der Waals surface area contributed by atoms with Crippen molar-refractivity contribution in [3.8, 4) is 0 Å². The number of amides is 1. The molecule has 1 amide bonds. The fraction of sp³-hybridized carbons (Fsp3) is 0.650. The van der Waals surface area contributed by atoms with Crippen LogP contribution >= 0.6 is 0 Å². The highest BCUT2D eigenvalue weighted by Gasteiger charge is 2.28. The molecule has 0 atom stereocenters.